The number of fused-ring (bicyclic) bond motifs is 1. The van der Waals surface area contributed by atoms with Crippen molar-refractivity contribution in [1.29, 1.82) is 0 Å². The largest absolute Gasteiger partial charge is 0.379 e. The SMILES string of the molecule is Cc1cccc(N2CN(CCCN3CCOCC3)Cn3c2nc(C)c(Cc2ccccc2)c3=O)c1. The maximum absolute atomic E-state index is 13.8. The third-order valence-corrected chi connectivity index (χ3v) is 6.96. The molecule has 3 heterocycles. The highest BCUT2D eigenvalue weighted by molar-refractivity contribution is 5.59. The van der Waals surface area contributed by atoms with Crippen LogP contribution in [0.4, 0.5) is 11.6 Å². The highest BCUT2D eigenvalue weighted by atomic mass is 16.5. The van der Waals surface area contributed by atoms with E-state index in [0.717, 1.165) is 80.9 Å². The van der Waals surface area contributed by atoms with Crippen molar-refractivity contribution in [3.05, 3.63) is 87.3 Å². The highest BCUT2D eigenvalue weighted by Crippen LogP contribution is 2.28. The van der Waals surface area contributed by atoms with Crippen LogP contribution in [0.1, 0.15) is 28.8 Å². The van der Waals surface area contributed by atoms with Gasteiger partial charge in [-0.2, -0.15) is 0 Å². The molecule has 0 amide bonds. The van der Waals surface area contributed by atoms with Gasteiger partial charge in [0.25, 0.3) is 5.56 Å². The Balaban J connectivity index is 1.44. The lowest BCUT2D eigenvalue weighted by Gasteiger charge is -2.39. The van der Waals surface area contributed by atoms with E-state index >= 15 is 0 Å². The first kappa shape index (κ1) is 23.7. The number of benzene rings is 2. The van der Waals surface area contributed by atoms with Crippen molar-refractivity contribution in [3.63, 3.8) is 0 Å². The van der Waals surface area contributed by atoms with Gasteiger partial charge in [-0.25, -0.2) is 4.98 Å². The van der Waals surface area contributed by atoms with Gasteiger partial charge in [0.15, 0.2) is 0 Å². The first-order valence-electron chi connectivity index (χ1n) is 12.6. The number of aryl methyl sites for hydroxylation is 2. The number of hydrogen-bond acceptors (Lipinski definition) is 6. The van der Waals surface area contributed by atoms with E-state index in [2.05, 4.69) is 58.0 Å². The summed E-state index contributed by atoms with van der Waals surface area (Å²) >= 11 is 0. The van der Waals surface area contributed by atoms with Crippen LogP contribution >= 0.6 is 0 Å². The van der Waals surface area contributed by atoms with Gasteiger partial charge in [-0.1, -0.05) is 42.5 Å². The van der Waals surface area contributed by atoms with Crippen LogP contribution in [0.25, 0.3) is 0 Å². The van der Waals surface area contributed by atoms with Crippen LogP contribution in [0.3, 0.4) is 0 Å². The third-order valence-electron chi connectivity index (χ3n) is 6.96. The molecule has 7 heteroatoms. The molecule has 0 unspecified atom stereocenters. The van der Waals surface area contributed by atoms with Crippen LogP contribution in [0.5, 0.6) is 0 Å². The number of anilines is 2. The Morgan fingerprint density at radius 3 is 2.46 bits per heavy atom. The Labute approximate surface area is 207 Å². The fourth-order valence-electron chi connectivity index (χ4n) is 5.01. The molecule has 3 aromatic rings. The van der Waals surface area contributed by atoms with E-state index in [9.17, 15) is 4.79 Å². The van der Waals surface area contributed by atoms with Gasteiger partial charge in [-0.3, -0.25) is 24.1 Å². The molecule has 1 saturated heterocycles. The van der Waals surface area contributed by atoms with E-state index in [0.29, 0.717) is 13.1 Å². The molecule has 7 nitrogen and oxygen atoms in total. The summed E-state index contributed by atoms with van der Waals surface area (Å²) in [7, 11) is 0. The minimum absolute atomic E-state index is 0.0619. The van der Waals surface area contributed by atoms with Crippen LogP contribution in [0, 0.1) is 13.8 Å². The van der Waals surface area contributed by atoms with Gasteiger partial charge in [0.2, 0.25) is 5.95 Å². The van der Waals surface area contributed by atoms with Gasteiger partial charge in [0, 0.05) is 37.3 Å². The molecule has 184 valence electrons. The first-order valence-corrected chi connectivity index (χ1v) is 12.6. The minimum atomic E-state index is 0.0619. The van der Waals surface area contributed by atoms with E-state index in [1.165, 1.54) is 5.56 Å². The molecule has 1 aromatic heterocycles. The lowest BCUT2D eigenvalue weighted by molar-refractivity contribution is 0.0354. The lowest BCUT2D eigenvalue weighted by atomic mass is 10.1. The predicted molar refractivity (Wildman–Crippen MR) is 139 cm³/mol. The Bertz CT molecular complexity index is 1200. The van der Waals surface area contributed by atoms with Crippen LogP contribution in [0.15, 0.2) is 59.4 Å². The van der Waals surface area contributed by atoms with E-state index < -0.39 is 0 Å². The maximum atomic E-state index is 13.8. The molecule has 35 heavy (non-hydrogen) atoms. The molecule has 0 atom stereocenters. The molecule has 2 aromatic carbocycles. The molecule has 1 fully saturated rings. The van der Waals surface area contributed by atoms with Gasteiger partial charge >= 0.3 is 0 Å². The van der Waals surface area contributed by atoms with Gasteiger partial charge in [-0.05, 0) is 50.1 Å². The number of nitrogens with zero attached hydrogens (tertiary/aromatic N) is 5. The van der Waals surface area contributed by atoms with Crippen molar-refractivity contribution in [2.45, 2.75) is 33.4 Å². The Kier molecular flexibility index (Phi) is 7.27. The first-order chi connectivity index (χ1) is 17.1. The summed E-state index contributed by atoms with van der Waals surface area (Å²) in [5.74, 6) is 0.736. The Morgan fingerprint density at radius 1 is 0.914 bits per heavy atom. The zero-order valence-corrected chi connectivity index (χ0v) is 20.8. The van der Waals surface area contributed by atoms with Gasteiger partial charge in [-0.15, -0.1) is 0 Å². The highest BCUT2D eigenvalue weighted by Gasteiger charge is 2.28. The number of rotatable bonds is 7. The molecule has 0 N–H and O–H groups in total. The van der Waals surface area contributed by atoms with Crippen LogP contribution < -0.4 is 10.5 Å². The quantitative estimate of drug-likeness (QED) is 0.523. The average Bonchev–Trinajstić information content (AvgIpc) is 2.88. The Hall–Kier alpha value is -3.00. The van der Waals surface area contributed by atoms with Gasteiger partial charge < -0.3 is 4.74 Å². The molecular weight excluding hydrogens is 438 g/mol. The minimum Gasteiger partial charge on any atom is -0.379 e. The molecule has 0 saturated carbocycles. The summed E-state index contributed by atoms with van der Waals surface area (Å²) in [4.78, 5) is 25.8. The summed E-state index contributed by atoms with van der Waals surface area (Å²) in [5.41, 5.74) is 5.04. The summed E-state index contributed by atoms with van der Waals surface area (Å²) < 4.78 is 7.35. The van der Waals surface area contributed by atoms with Crippen molar-refractivity contribution >= 4 is 11.6 Å². The van der Waals surface area contributed by atoms with Crippen molar-refractivity contribution in [2.75, 3.05) is 51.0 Å². The number of morpholine rings is 1. The van der Waals surface area contributed by atoms with E-state index in [1.54, 1.807) is 0 Å². The molecular formula is C28H35N5O2. The number of ether oxygens (including phenoxy) is 1. The van der Waals surface area contributed by atoms with Crippen LogP contribution in [-0.2, 0) is 17.8 Å². The van der Waals surface area contributed by atoms with Crippen molar-refractivity contribution in [3.8, 4) is 0 Å². The molecule has 0 bridgehead atoms. The monoisotopic (exact) mass is 473 g/mol. The zero-order valence-electron chi connectivity index (χ0n) is 20.8. The topological polar surface area (TPSA) is 53.8 Å². The Morgan fingerprint density at radius 2 is 1.69 bits per heavy atom. The molecule has 0 spiro atoms. The smallest absolute Gasteiger partial charge is 0.259 e. The standard InChI is InChI=1S/C28H35N5O2/c1-22-8-6-11-25(18-22)32-20-31(13-7-12-30-14-16-35-17-15-30)21-33-27(34)26(23(2)29-28(32)33)19-24-9-4-3-5-10-24/h3-6,8-11,18H,7,12-17,19-21H2,1-2H3. The van der Waals surface area contributed by atoms with E-state index in [1.807, 2.05) is 29.7 Å². The second kappa shape index (κ2) is 10.7. The average molecular weight is 474 g/mol. The molecule has 5 rings (SSSR count). The third kappa shape index (κ3) is 5.48. The molecule has 0 aliphatic carbocycles. The number of hydrogen-bond donors (Lipinski definition) is 0. The maximum Gasteiger partial charge on any atom is 0.259 e. The van der Waals surface area contributed by atoms with Crippen LogP contribution in [0.2, 0.25) is 0 Å². The zero-order chi connectivity index (χ0) is 24.2. The molecule has 0 radical (unpaired) electrons. The fraction of sp³-hybridized carbons (Fsp3) is 0.429. The normalized spacial score (nSPS) is 16.9. The van der Waals surface area contributed by atoms with E-state index in [4.69, 9.17) is 9.72 Å². The van der Waals surface area contributed by atoms with Crippen molar-refractivity contribution in [1.82, 2.24) is 19.4 Å². The number of aromatic nitrogens is 2. The second-order valence-electron chi connectivity index (χ2n) is 9.62. The summed E-state index contributed by atoms with van der Waals surface area (Å²) in [5, 5.41) is 0. The second-order valence-corrected chi connectivity index (χ2v) is 9.62. The summed E-state index contributed by atoms with van der Waals surface area (Å²) in [6.07, 6.45) is 1.65. The molecule has 2 aliphatic rings. The fourth-order valence-corrected chi connectivity index (χ4v) is 5.01. The lowest BCUT2D eigenvalue weighted by Crippen LogP contribution is -2.48. The predicted octanol–water partition coefficient (Wildman–Crippen LogP) is 3.54. The van der Waals surface area contributed by atoms with Gasteiger partial charge in [0.05, 0.1) is 32.2 Å². The van der Waals surface area contributed by atoms with Crippen molar-refractivity contribution in [2.24, 2.45) is 0 Å². The van der Waals surface area contributed by atoms with E-state index in [-0.39, 0.29) is 5.56 Å². The summed E-state index contributed by atoms with van der Waals surface area (Å²) in [6.45, 7) is 11.0. The van der Waals surface area contributed by atoms with Crippen molar-refractivity contribution < 1.29 is 4.74 Å². The molecule has 2 aliphatic heterocycles. The summed E-state index contributed by atoms with van der Waals surface area (Å²) in [6, 6.07) is 18.6. The van der Waals surface area contributed by atoms with Gasteiger partial charge in [0.1, 0.15) is 0 Å². The van der Waals surface area contributed by atoms with Crippen LogP contribution in [-0.4, -0.2) is 65.4 Å².